The molecule has 0 aromatic heterocycles. The minimum absolute atomic E-state index is 0.0340. The van der Waals surface area contributed by atoms with Crippen LogP contribution in [-0.4, -0.2) is 30.4 Å². The molecule has 1 amide bonds. The van der Waals surface area contributed by atoms with Gasteiger partial charge in [-0.3, -0.25) is 4.79 Å². The molecule has 1 unspecified atom stereocenters. The molecule has 0 bridgehead atoms. The normalized spacial score (nSPS) is 17.3. The van der Waals surface area contributed by atoms with E-state index >= 15 is 0 Å². The van der Waals surface area contributed by atoms with Crippen LogP contribution in [0.3, 0.4) is 0 Å². The first-order valence-corrected chi connectivity index (χ1v) is 7.02. The van der Waals surface area contributed by atoms with E-state index in [4.69, 9.17) is 5.73 Å². The average molecular weight is 261 g/mol. The molecule has 4 nitrogen and oxygen atoms in total. The number of amides is 1. The third-order valence-electron chi connectivity index (χ3n) is 3.67. The van der Waals surface area contributed by atoms with Crippen LogP contribution in [0.4, 0.5) is 5.69 Å². The third-order valence-corrected chi connectivity index (χ3v) is 3.67. The zero-order valence-corrected chi connectivity index (χ0v) is 11.6. The summed E-state index contributed by atoms with van der Waals surface area (Å²) in [5.41, 5.74) is 7.49. The Morgan fingerprint density at radius 2 is 1.95 bits per heavy atom. The maximum Gasteiger partial charge on any atom is 0.221 e. The summed E-state index contributed by atoms with van der Waals surface area (Å²) in [4.78, 5) is 14.2. The van der Waals surface area contributed by atoms with Gasteiger partial charge in [0.15, 0.2) is 0 Å². The molecule has 0 aliphatic carbocycles. The number of hydrogen-bond acceptors (Lipinski definition) is 3. The molecule has 104 valence electrons. The van der Waals surface area contributed by atoms with E-state index in [2.05, 4.69) is 10.2 Å². The molecule has 19 heavy (non-hydrogen) atoms. The van der Waals surface area contributed by atoms with Crippen LogP contribution in [0.5, 0.6) is 0 Å². The van der Waals surface area contributed by atoms with Crippen LogP contribution >= 0.6 is 0 Å². The van der Waals surface area contributed by atoms with E-state index in [9.17, 15) is 4.79 Å². The molecule has 2 rings (SSSR count). The molecule has 1 atom stereocenters. The Morgan fingerprint density at radius 3 is 2.58 bits per heavy atom. The molecule has 4 heteroatoms. The lowest BCUT2D eigenvalue weighted by atomic mass is 10.1. The van der Waals surface area contributed by atoms with Crippen molar-refractivity contribution in [3.05, 3.63) is 29.8 Å². The van der Waals surface area contributed by atoms with E-state index in [0.717, 1.165) is 30.9 Å². The number of carbonyl (C=O) groups is 1. The van der Waals surface area contributed by atoms with Crippen molar-refractivity contribution in [1.82, 2.24) is 10.2 Å². The topological polar surface area (TPSA) is 58.4 Å². The monoisotopic (exact) mass is 261 g/mol. The molecule has 1 fully saturated rings. The summed E-state index contributed by atoms with van der Waals surface area (Å²) in [6.45, 7) is 5.15. The zero-order valence-electron chi connectivity index (χ0n) is 11.6. The number of nitrogen functional groups attached to an aromatic ring is 1. The van der Waals surface area contributed by atoms with E-state index in [1.54, 1.807) is 0 Å². The van der Waals surface area contributed by atoms with Gasteiger partial charge < -0.3 is 16.0 Å². The van der Waals surface area contributed by atoms with Crippen molar-refractivity contribution in [1.29, 1.82) is 0 Å². The fourth-order valence-electron chi connectivity index (χ4n) is 2.45. The molecule has 0 saturated carbocycles. The van der Waals surface area contributed by atoms with Crippen LogP contribution in [-0.2, 0) is 4.79 Å². The number of benzene rings is 1. The summed E-state index contributed by atoms with van der Waals surface area (Å²) in [5.74, 6) is 0.122. The van der Waals surface area contributed by atoms with Crippen LogP contribution in [0.15, 0.2) is 24.3 Å². The summed E-state index contributed by atoms with van der Waals surface area (Å²) in [6, 6.07) is 7.68. The van der Waals surface area contributed by atoms with Crippen LogP contribution in [0.25, 0.3) is 0 Å². The van der Waals surface area contributed by atoms with Gasteiger partial charge in [0.25, 0.3) is 0 Å². The lowest BCUT2D eigenvalue weighted by Crippen LogP contribution is -2.31. The second-order valence-electron chi connectivity index (χ2n) is 5.25. The third kappa shape index (κ3) is 4.24. The average Bonchev–Trinajstić information content (AvgIpc) is 2.90. The summed E-state index contributed by atoms with van der Waals surface area (Å²) in [6.07, 6.45) is 3.12. The van der Waals surface area contributed by atoms with Crippen LogP contribution in [0.2, 0.25) is 0 Å². The van der Waals surface area contributed by atoms with Gasteiger partial charge in [-0.2, -0.15) is 0 Å². The molecule has 0 spiro atoms. The number of anilines is 1. The highest BCUT2D eigenvalue weighted by Crippen LogP contribution is 2.14. The van der Waals surface area contributed by atoms with Crippen molar-refractivity contribution in [3.63, 3.8) is 0 Å². The fourth-order valence-corrected chi connectivity index (χ4v) is 2.45. The summed E-state index contributed by atoms with van der Waals surface area (Å²) in [7, 11) is 0. The van der Waals surface area contributed by atoms with Crippen molar-refractivity contribution in [3.8, 4) is 0 Å². The SMILES string of the molecule is CC(NC(=O)CCN1CCCC1)c1ccc(N)cc1. The Morgan fingerprint density at radius 1 is 1.32 bits per heavy atom. The molecule has 1 aliphatic heterocycles. The lowest BCUT2D eigenvalue weighted by molar-refractivity contribution is -0.122. The van der Waals surface area contributed by atoms with Crippen molar-refractivity contribution >= 4 is 11.6 Å². The van der Waals surface area contributed by atoms with Gasteiger partial charge in [-0.15, -0.1) is 0 Å². The number of hydrogen-bond donors (Lipinski definition) is 2. The van der Waals surface area contributed by atoms with Crippen molar-refractivity contribution in [2.45, 2.75) is 32.2 Å². The Kier molecular flexibility index (Phi) is 4.80. The number of nitrogens with zero attached hydrogens (tertiary/aromatic N) is 1. The van der Waals surface area contributed by atoms with Gasteiger partial charge in [-0.05, 0) is 50.6 Å². The highest BCUT2D eigenvalue weighted by Gasteiger charge is 2.14. The highest BCUT2D eigenvalue weighted by molar-refractivity contribution is 5.76. The first kappa shape index (κ1) is 13.9. The van der Waals surface area contributed by atoms with Crippen LogP contribution in [0, 0.1) is 0 Å². The van der Waals surface area contributed by atoms with E-state index in [0.29, 0.717) is 6.42 Å². The Labute approximate surface area is 115 Å². The molecular formula is C15H23N3O. The lowest BCUT2D eigenvalue weighted by Gasteiger charge is -2.17. The second kappa shape index (κ2) is 6.57. The maximum absolute atomic E-state index is 11.9. The summed E-state index contributed by atoms with van der Waals surface area (Å²) in [5, 5.41) is 3.03. The predicted octanol–water partition coefficient (Wildman–Crippen LogP) is 1.93. The number of carbonyl (C=O) groups excluding carboxylic acids is 1. The smallest absolute Gasteiger partial charge is 0.221 e. The number of nitrogens with two attached hydrogens (primary N) is 1. The summed E-state index contributed by atoms with van der Waals surface area (Å²) >= 11 is 0. The van der Waals surface area contributed by atoms with Gasteiger partial charge in [-0.25, -0.2) is 0 Å². The van der Waals surface area contributed by atoms with E-state index in [1.807, 2.05) is 31.2 Å². The Hall–Kier alpha value is -1.55. The van der Waals surface area contributed by atoms with E-state index in [1.165, 1.54) is 12.8 Å². The van der Waals surface area contributed by atoms with Gasteiger partial charge >= 0.3 is 0 Å². The maximum atomic E-state index is 11.9. The molecule has 3 N–H and O–H groups in total. The molecule has 1 saturated heterocycles. The minimum Gasteiger partial charge on any atom is -0.399 e. The van der Waals surface area contributed by atoms with Crippen molar-refractivity contribution in [2.75, 3.05) is 25.4 Å². The summed E-state index contributed by atoms with van der Waals surface area (Å²) < 4.78 is 0. The van der Waals surface area contributed by atoms with Gasteiger partial charge in [0.2, 0.25) is 5.91 Å². The van der Waals surface area contributed by atoms with Crippen LogP contribution < -0.4 is 11.1 Å². The molecular weight excluding hydrogens is 238 g/mol. The molecule has 1 heterocycles. The Bertz CT molecular complexity index is 410. The quantitative estimate of drug-likeness (QED) is 0.796. The number of rotatable bonds is 5. The first-order chi connectivity index (χ1) is 9.15. The van der Waals surface area contributed by atoms with Gasteiger partial charge in [0, 0.05) is 18.7 Å². The van der Waals surface area contributed by atoms with Gasteiger partial charge in [0.05, 0.1) is 6.04 Å². The van der Waals surface area contributed by atoms with E-state index in [-0.39, 0.29) is 11.9 Å². The van der Waals surface area contributed by atoms with Crippen molar-refractivity contribution in [2.24, 2.45) is 0 Å². The van der Waals surface area contributed by atoms with Crippen molar-refractivity contribution < 1.29 is 4.79 Å². The van der Waals surface area contributed by atoms with Crippen LogP contribution in [0.1, 0.15) is 37.8 Å². The fraction of sp³-hybridized carbons (Fsp3) is 0.533. The van der Waals surface area contributed by atoms with Gasteiger partial charge in [0.1, 0.15) is 0 Å². The molecule has 0 radical (unpaired) electrons. The first-order valence-electron chi connectivity index (χ1n) is 7.02. The standard InChI is InChI=1S/C15H23N3O/c1-12(13-4-6-14(16)7-5-13)17-15(19)8-11-18-9-2-3-10-18/h4-7,12H,2-3,8-11,16H2,1H3,(H,17,19). The largest absolute Gasteiger partial charge is 0.399 e. The van der Waals surface area contributed by atoms with E-state index < -0.39 is 0 Å². The highest BCUT2D eigenvalue weighted by atomic mass is 16.1. The molecule has 1 aromatic carbocycles. The zero-order chi connectivity index (χ0) is 13.7. The molecule has 1 aromatic rings. The number of nitrogens with one attached hydrogen (secondary N) is 1. The minimum atomic E-state index is 0.0340. The van der Waals surface area contributed by atoms with Gasteiger partial charge in [-0.1, -0.05) is 12.1 Å². The number of likely N-dealkylation sites (tertiary alicyclic amines) is 1. The second-order valence-corrected chi connectivity index (χ2v) is 5.25. The predicted molar refractivity (Wildman–Crippen MR) is 77.7 cm³/mol. The Balaban J connectivity index is 1.76. The molecule has 1 aliphatic rings.